The zero-order valence-corrected chi connectivity index (χ0v) is 20.0. The van der Waals surface area contributed by atoms with E-state index in [1.165, 1.54) is 28.1 Å². The molecular weight excluding hydrogens is 420 g/mol. The number of carbonyl (C=O) groups is 1. The average molecular weight is 453 g/mol. The lowest BCUT2D eigenvalue weighted by atomic mass is 9.87. The van der Waals surface area contributed by atoms with E-state index in [1.54, 1.807) is 0 Å². The molecule has 32 heavy (non-hydrogen) atoms. The highest BCUT2D eigenvalue weighted by Crippen LogP contribution is 2.52. The highest BCUT2D eigenvalue weighted by Gasteiger charge is 2.45. The second-order valence-corrected chi connectivity index (χ2v) is 11.2. The van der Waals surface area contributed by atoms with Crippen LogP contribution >= 0.6 is 11.8 Å². The minimum Gasteiger partial charge on any atom is -0.444 e. The van der Waals surface area contributed by atoms with Crippen LogP contribution in [0.25, 0.3) is 11.1 Å². The maximum atomic E-state index is 12.8. The zero-order valence-electron chi connectivity index (χ0n) is 19.1. The van der Waals surface area contributed by atoms with Crippen LogP contribution in [0.4, 0.5) is 10.5 Å². The number of piperidine rings is 1. The van der Waals surface area contributed by atoms with E-state index in [0.29, 0.717) is 18.5 Å². The molecule has 2 atom stereocenters. The molecule has 6 heteroatoms. The third-order valence-electron chi connectivity index (χ3n) is 6.66. The Kier molecular flexibility index (Phi) is 5.62. The third-order valence-corrected chi connectivity index (χ3v) is 7.78. The van der Waals surface area contributed by atoms with Crippen molar-refractivity contribution in [2.24, 2.45) is 0 Å². The standard InChI is InChI=1S/C26H32N2O3S/c1-26(2,3)31-25(30)27-10-8-22-21(15-27)20-13-19(18-7-4-6-17(12-18)16-29)14-23-24(20)28(22)9-5-11-32-23/h4,6-7,12-14,21-22,29H,5,8-11,15-16H2,1-3H3/t21-,22-/m0/s1. The van der Waals surface area contributed by atoms with Crippen molar-refractivity contribution in [3.8, 4) is 11.1 Å². The smallest absolute Gasteiger partial charge is 0.410 e. The molecule has 5 rings (SSSR count). The first-order valence-corrected chi connectivity index (χ1v) is 12.6. The van der Waals surface area contributed by atoms with Crippen molar-refractivity contribution < 1.29 is 14.6 Å². The quantitative estimate of drug-likeness (QED) is 0.674. The van der Waals surface area contributed by atoms with Crippen LogP contribution in [0.5, 0.6) is 0 Å². The van der Waals surface area contributed by atoms with Gasteiger partial charge in [-0.3, -0.25) is 0 Å². The number of hydrogen-bond acceptors (Lipinski definition) is 5. The summed E-state index contributed by atoms with van der Waals surface area (Å²) in [5, 5.41) is 9.60. The lowest BCUT2D eigenvalue weighted by molar-refractivity contribution is 0.0189. The Morgan fingerprint density at radius 2 is 2.03 bits per heavy atom. The fraction of sp³-hybridized carbons (Fsp3) is 0.500. The molecule has 3 heterocycles. The molecule has 2 aromatic carbocycles. The molecule has 5 nitrogen and oxygen atoms in total. The predicted octanol–water partition coefficient (Wildman–Crippen LogP) is 5.25. The number of amides is 1. The number of nitrogens with zero attached hydrogens (tertiary/aromatic N) is 2. The first kappa shape index (κ1) is 21.7. The van der Waals surface area contributed by atoms with Gasteiger partial charge in [0.2, 0.25) is 0 Å². The van der Waals surface area contributed by atoms with Crippen molar-refractivity contribution in [1.82, 2.24) is 4.90 Å². The van der Waals surface area contributed by atoms with Gasteiger partial charge in [0.1, 0.15) is 5.60 Å². The summed E-state index contributed by atoms with van der Waals surface area (Å²) >= 11 is 1.95. The van der Waals surface area contributed by atoms with Crippen molar-refractivity contribution in [1.29, 1.82) is 0 Å². The maximum Gasteiger partial charge on any atom is 0.410 e. The number of carbonyl (C=O) groups excluding carboxylic acids is 1. The van der Waals surface area contributed by atoms with Gasteiger partial charge in [-0.1, -0.05) is 18.2 Å². The Labute approximate surface area is 194 Å². The van der Waals surface area contributed by atoms with Gasteiger partial charge in [0.25, 0.3) is 0 Å². The normalized spacial score (nSPS) is 22.2. The molecule has 1 N–H and O–H groups in total. The number of likely N-dealkylation sites (tertiary alicyclic amines) is 1. The van der Waals surface area contributed by atoms with Gasteiger partial charge in [-0.15, -0.1) is 11.8 Å². The number of ether oxygens (including phenoxy) is 1. The summed E-state index contributed by atoms with van der Waals surface area (Å²) in [6.45, 7) is 8.34. The van der Waals surface area contributed by atoms with E-state index in [2.05, 4.69) is 29.2 Å². The third kappa shape index (κ3) is 3.99. The summed E-state index contributed by atoms with van der Waals surface area (Å²) in [5.74, 6) is 1.43. The van der Waals surface area contributed by atoms with Gasteiger partial charge in [0.05, 0.1) is 12.3 Å². The summed E-state index contributed by atoms with van der Waals surface area (Å²) < 4.78 is 5.69. The minimum absolute atomic E-state index is 0.0454. The highest BCUT2D eigenvalue weighted by molar-refractivity contribution is 7.99. The molecule has 1 saturated heterocycles. The van der Waals surface area contributed by atoms with Gasteiger partial charge < -0.3 is 19.6 Å². The lowest BCUT2D eigenvalue weighted by Gasteiger charge is -2.39. The summed E-state index contributed by atoms with van der Waals surface area (Å²) in [7, 11) is 0. The Morgan fingerprint density at radius 3 is 2.81 bits per heavy atom. The van der Waals surface area contributed by atoms with E-state index in [1.807, 2.05) is 49.6 Å². The molecule has 3 aliphatic rings. The number of thioether (sulfide) groups is 1. The number of anilines is 1. The van der Waals surface area contributed by atoms with Crippen LogP contribution < -0.4 is 4.90 Å². The average Bonchev–Trinajstić information content (AvgIpc) is 2.92. The Morgan fingerprint density at radius 1 is 1.19 bits per heavy atom. The molecule has 0 aromatic heterocycles. The minimum atomic E-state index is -0.483. The van der Waals surface area contributed by atoms with Crippen LogP contribution in [0.2, 0.25) is 0 Å². The largest absolute Gasteiger partial charge is 0.444 e. The van der Waals surface area contributed by atoms with Crippen molar-refractivity contribution in [2.45, 2.75) is 62.7 Å². The van der Waals surface area contributed by atoms with E-state index in [4.69, 9.17) is 4.74 Å². The van der Waals surface area contributed by atoms with Crippen LogP contribution in [0.3, 0.4) is 0 Å². The second-order valence-electron chi connectivity index (χ2n) is 10.1. The highest BCUT2D eigenvalue weighted by atomic mass is 32.2. The van der Waals surface area contributed by atoms with E-state index in [0.717, 1.165) is 36.4 Å². The first-order chi connectivity index (χ1) is 15.3. The summed E-state index contributed by atoms with van der Waals surface area (Å²) in [4.78, 5) is 18.7. The SMILES string of the molecule is CC(C)(C)OC(=O)N1CC[C@H]2[C@@H](C1)c1cc(-c3cccc(CO)c3)cc3c1N2CCCS3. The molecule has 1 amide bonds. The number of fused-ring (bicyclic) bond motifs is 3. The molecular formula is C26H32N2O3S. The van der Waals surface area contributed by atoms with Crippen molar-refractivity contribution in [3.63, 3.8) is 0 Å². The molecule has 0 unspecified atom stereocenters. The molecule has 170 valence electrons. The molecule has 3 aliphatic heterocycles. The number of aliphatic hydroxyl groups excluding tert-OH is 1. The van der Waals surface area contributed by atoms with Gasteiger partial charge in [0, 0.05) is 36.5 Å². The van der Waals surface area contributed by atoms with E-state index < -0.39 is 5.60 Å². The van der Waals surface area contributed by atoms with Crippen LogP contribution in [0, 0.1) is 0 Å². The van der Waals surface area contributed by atoms with Crippen LogP contribution in [0.15, 0.2) is 41.3 Å². The Bertz CT molecular complexity index is 1030. The Balaban J connectivity index is 1.53. The van der Waals surface area contributed by atoms with E-state index in [-0.39, 0.29) is 12.7 Å². The molecule has 0 saturated carbocycles. The van der Waals surface area contributed by atoms with Crippen LogP contribution in [-0.4, -0.2) is 53.1 Å². The summed E-state index contributed by atoms with van der Waals surface area (Å²) in [5.41, 5.74) is 5.52. The van der Waals surface area contributed by atoms with Crippen LogP contribution in [0.1, 0.15) is 50.7 Å². The predicted molar refractivity (Wildman–Crippen MR) is 129 cm³/mol. The molecule has 0 radical (unpaired) electrons. The number of aliphatic hydroxyl groups is 1. The van der Waals surface area contributed by atoms with Gasteiger partial charge in [-0.25, -0.2) is 4.79 Å². The lowest BCUT2D eigenvalue weighted by Crippen LogP contribution is -2.49. The van der Waals surface area contributed by atoms with Gasteiger partial charge in [-0.05, 0) is 79.8 Å². The van der Waals surface area contributed by atoms with Gasteiger partial charge >= 0.3 is 6.09 Å². The monoisotopic (exact) mass is 452 g/mol. The number of benzene rings is 2. The van der Waals surface area contributed by atoms with Crippen LogP contribution in [-0.2, 0) is 11.3 Å². The Hall–Kier alpha value is -2.18. The number of hydrogen-bond donors (Lipinski definition) is 1. The second kappa shape index (κ2) is 8.31. The molecule has 0 bridgehead atoms. The van der Waals surface area contributed by atoms with Gasteiger partial charge in [0.15, 0.2) is 0 Å². The zero-order chi connectivity index (χ0) is 22.5. The fourth-order valence-corrected chi connectivity index (χ4v) is 6.39. The first-order valence-electron chi connectivity index (χ1n) is 11.6. The molecule has 0 spiro atoms. The van der Waals surface area contributed by atoms with Crippen molar-refractivity contribution in [2.75, 3.05) is 30.3 Å². The molecule has 1 fully saturated rings. The number of rotatable bonds is 2. The van der Waals surface area contributed by atoms with E-state index in [9.17, 15) is 9.90 Å². The van der Waals surface area contributed by atoms with Crippen molar-refractivity contribution in [3.05, 3.63) is 47.5 Å². The van der Waals surface area contributed by atoms with Gasteiger partial charge in [-0.2, -0.15) is 0 Å². The summed E-state index contributed by atoms with van der Waals surface area (Å²) in [6, 6.07) is 13.3. The maximum absolute atomic E-state index is 12.8. The van der Waals surface area contributed by atoms with E-state index >= 15 is 0 Å². The molecule has 2 aromatic rings. The fourth-order valence-electron chi connectivity index (χ4n) is 5.32. The molecule has 0 aliphatic carbocycles. The topological polar surface area (TPSA) is 53.0 Å². The summed E-state index contributed by atoms with van der Waals surface area (Å²) in [6.07, 6.45) is 1.94. The van der Waals surface area contributed by atoms with Crippen molar-refractivity contribution >= 4 is 23.5 Å².